The van der Waals surface area contributed by atoms with Crippen LogP contribution in [-0.2, 0) is 71.1 Å². The summed E-state index contributed by atoms with van der Waals surface area (Å²) in [5, 5.41) is 2.91. The van der Waals surface area contributed by atoms with Crippen LogP contribution in [0.5, 0.6) is 0 Å². The Morgan fingerprint density at radius 2 is 0.923 bits per heavy atom. The summed E-state index contributed by atoms with van der Waals surface area (Å²) in [6.07, 6.45) is -1.05. The van der Waals surface area contributed by atoms with E-state index in [1.54, 1.807) is 41.9 Å². The van der Waals surface area contributed by atoms with Crippen LogP contribution in [-0.4, -0.2) is 156 Å². The van der Waals surface area contributed by atoms with Crippen LogP contribution in [0.1, 0.15) is 85.3 Å². The normalized spacial score (nSPS) is 16.0. The lowest BCUT2D eigenvalue weighted by Gasteiger charge is -2.20. The number of carbonyl (C=O) groups excluding carboxylic acids is 1. The molecule has 0 heterocycles. The Morgan fingerprint density at radius 1 is 0.538 bits per heavy atom. The molecule has 0 saturated carbocycles. The Morgan fingerprint density at radius 3 is 1.32 bits per heavy atom. The molecule has 3 rings (SSSR count). The number of methoxy groups -OCH3 is 2. The van der Waals surface area contributed by atoms with Gasteiger partial charge < -0.3 is 82.1 Å². The number of nitrogens with two attached hydrogens (primary N) is 1. The SMILES string of the molecule is CCC(COCCOC(C)OCOC(C)OCCOC(C)OC)NC(=O)OCC1c2ccccc2-c2ccccc21.CCC(N)COCCOC(C)OCOC(C)OCCOC(C)OC. The van der Waals surface area contributed by atoms with E-state index in [1.165, 1.54) is 22.3 Å². The Bertz CT molecular complexity index is 1430. The second-order valence-electron chi connectivity index (χ2n) is 14.9. The van der Waals surface area contributed by atoms with E-state index in [2.05, 4.69) is 29.6 Å². The van der Waals surface area contributed by atoms with Crippen LogP contribution >= 0.6 is 0 Å². The van der Waals surface area contributed by atoms with Gasteiger partial charge in [-0.2, -0.15) is 0 Å². The van der Waals surface area contributed by atoms with Crippen molar-refractivity contribution < 1.29 is 75.8 Å². The molecule has 0 fully saturated rings. The molecule has 0 radical (unpaired) electrons. The summed E-state index contributed by atoms with van der Waals surface area (Å²) in [5.41, 5.74) is 10.5. The molecule has 3 N–H and O–H groups in total. The van der Waals surface area contributed by atoms with E-state index in [4.69, 9.17) is 76.8 Å². The molecule has 0 bridgehead atoms. The molecule has 0 saturated heterocycles. The van der Waals surface area contributed by atoms with Crippen molar-refractivity contribution in [3.8, 4) is 11.1 Å². The summed E-state index contributed by atoms with van der Waals surface area (Å²) >= 11 is 0. The van der Waals surface area contributed by atoms with Gasteiger partial charge in [0.15, 0.2) is 51.3 Å². The molecule has 8 unspecified atom stereocenters. The van der Waals surface area contributed by atoms with Gasteiger partial charge in [-0.05, 0) is 76.6 Å². The number of benzene rings is 2. The second kappa shape index (κ2) is 36.2. The summed E-state index contributed by atoms with van der Waals surface area (Å²) in [7, 11) is 3.17. The molecule has 65 heavy (non-hydrogen) atoms. The largest absolute Gasteiger partial charge is 0.449 e. The third-order valence-electron chi connectivity index (χ3n) is 9.95. The van der Waals surface area contributed by atoms with Crippen molar-refractivity contribution >= 4 is 6.09 Å². The third kappa shape index (κ3) is 26.3. The molecule has 2 aromatic rings. The molecule has 2 aromatic carbocycles. The van der Waals surface area contributed by atoms with Crippen LogP contribution in [0, 0.1) is 0 Å². The molecule has 0 aliphatic heterocycles. The Labute approximate surface area is 387 Å². The molecule has 374 valence electrons. The fourth-order valence-electron chi connectivity index (χ4n) is 5.84. The highest BCUT2D eigenvalue weighted by Crippen LogP contribution is 2.44. The van der Waals surface area contributed by atoms with Crippen LogP contribution in [0.25, 0.3) is 11.1 Å². The van der Waals surface area contributed by atoms with Crippen molar-refractivity contribution in [3.05, 3.63) is 59.7 Å². The minimum Gasteiger partial charge on any atom is -0.449 e. The number of ether oxygens (including phenoxy) is 15. The first kappa shape index (κ1) is 58.2. The Kier molecular flexibility index (Phi) is 32.4. The van der Waals surface area contributed by atoms with Crippen LogP contribution < -0.4 is 11.1 Å². The van der Waals surface area contributed by atoms with E-state index in [0.29, 0.717) is 72.5 Å². The zero-order chi connectivity index (χ0) is 47.7. The smallest absolute Gasteiger partial charge is 0.407 e. The van der Waals surface area contributed by atoms with Gasteiger partial charge in [0.25, 0.3) is 0 Å². The van der Waals surface area contributed by atoms with Gasteiger partial charge in [0.05, 0.1) is 72.1 Å². The minimum atomic E-state index is -0.474. The number of fused-ring (bicyclic) bond motifs is 3. The average Bonchev–Trinajstić information content (AvgIpc) is 3.63. The maximum Gasteiger partial charge on any atom is 0.407 e. The first-order chi connectivity index (χ1) is 31.4. The highest BCUT2D eigenvalue weighted by atomic mass is 16.8. The second-order valence-corrected chi connectivity index (χ2v) is 14.9. The van der Waals surface area contributed by atoms with E-state index >= 15 is 0 Å². The lowest BCUT2D eigenvalue weighted by molar-refractivity contribution is -0.242. The topological polar surface area (TPSA) is 194 Å². The molecule has 18 nitrogen and oxygen atoms in total. The van der Waals surface area contributed by atoms with E-state index < -0.39 is 25.0 Å². The highest BCUT2D eigenvalue weighted by molar-refractivity contribution is 5.79. The van der Waals surface area contributed by atoms with Gasteiger partial charge in [0.1, 0.15) is 6.61 Å². The zero-order valence-corrected chi connectivity index (χ0v) is 40.5. The number of amides is 1. The van der Waals surface area contributed by atoms with Crippen LogP contribution in [0.3, 0.4) is 0 Å². The van der Waals surface area contributed by atoms with E-state index in [1.807, 2.05) is 52.0 Å². The van der Waals surface area contributed by atoms with E-state index in [-0.39, 0.29) is 57.1 Å². The van der Waals surface area contributed by atoms with Crippen LogP contribution in [0.2, 0.25) is 0 Å². The van der Waals surface area contributed by atoms with Crippen molar-refractivity contribution in [2.24, 2.45) is 5.73 Å². The van der Waals surface area contributed by atoms with Gasteiger partial charge in [-0.1, -0.05) is 62.4 Å². The molecular weight excluding hydrogens is 849 g/mol. The van der Waals surface area contributed by atoms with Gasteiger partial charge in [-0.25, -0.2) is 4.79 Å². The molecule has 1 amide bonds. The molecule has 1 aliphatic rings. The summed E-state index contributed by atoms with van der Waals surface area (Å²) < 4.78 is 80.9. The van der Waals surface area contributed by atoms with Gasteiger partial charge in [0.2, 0.25) is 0 Å². The van der Waals surface area contributed by atoms with Crippen LogP contribution in [0.4, 0.5) is 4.79 Å². The third-order valence-corrected chi connectivity index (χ3v) is 9.95. The minimum absolute atomic E-state index is 0.0246. The van der Waals surface area contributed by atoms with Crippen molar-refractivity contribution in [3.63, 3.8) is 0 Å². The number of carbonyl (C=O) groups is 1. The number of hydrogen-bond donors (Lipinski definition) is 2. The van der Waals surface area contributed by atoms with Gasteiger partial charge in [-0.3, -0.25) is 0 Å². The number of alkyl carbamates (subject to hydrolysis) is 1. The average molecular weight is 929 g/mol. The number of rotatable bonds is 37. The molecule has 0 aromatic heterocycles. The fourth-order valence-corrected chi connectivity index (χ4v) is 5.84. The zero-order valence-electron chi connectivity index (χ0n) is 40.5. The predicted molar refractivity (Wildman–Crippen MR) is 243 cm³/mol. The van der Waals surface area contributed by atoms with Gasteiger partial charge >= 0.3 is 6.09 Å². The standard InChI is InChI=1S/C31H45NO9.C16H35NO7/c1-6-25(19-35-15-16-37-23(3)40-21-41-24(4)38-18-17-36-22(2)34-5)32-31(33)39-20-30-28-13-9-7-11-26(28)27-12-8-10-14-29(27)30;1-6-16(17)11-19-7-8-21-14(3)23-12-24-15(4)22-10-9-20-13(2)18-5/h7-14,22-25,30H,6,15-21H2,1-5H3,(H,32,33);13-16H,6-12,17H2,1-5H3. The summed E-state index contributed by atoms with van der Waals surface area (Å²) in [5.74, 6) is 0.0246. The van der Waals surface area contributed by atoms with E-state index in [0.717, 1.165) is 6.42 Å². The van der Waals surface area contributed by atoms with Crippen molar-refractivity contribution in [2.75, 3.05) is 100 Å². The maximum atomic E-state index is 12.6. The Hall–Kier alpha value is -2.89. The van der Waals surface area contributed by atoms with Crippen molar-refractivity contribution in [2.45, 2.75) is 124 Å². The Balaban J connectivity index is 0.000000518. The van der Waals surface area contributed by atoms with Crippen molar-refractivity contribution in [1.29, 1.82) is 0 Å². The van der Waals surface area contributed by atoms with Gasteiger partial charge in [0, 0.05) is 26.2 Å². The molecule has 1 aliphatic carbocycles. The number of hydrogen-bond acceptors (Lipinski definition) is 17. The summed E-state index contributed by atoms with van der Waals surface area (Å²) in [4.78, 5) is 12.6. The molecule has 0 spiro atoms. The maximum absolute atomic E-state index is 12.6. The highest BCUT2D eigenvalue weighted by Gasteiger charge is 2.29. The number of nitrogens with one attached hydrogen (secondary N) is 1. The van der Waals surface area contributed by atoms with Gasteiger partial charge in [-0.15, -0.1) is 0 Å². The lowest BCUT2D eigenvalue weighted by Crippen LogP contribution is -2.39. The lowest BCUT2D eigenvalue weighted by atomic mass is 9.98. The van der Waals surface area contributed by atoms with E-state index in [9.17, 15) is 4.79 Å². The predicted octanol–water partition coefficient (Wildman–Crippen LogP) is 6.51. The quantitative estimate of drug-likeness (QED) is 0.0550. The molecule has 18 heteroatoms. The molecule has 8 atom stereocenters. The first-order valence-electron chi connectivity index (χ1n) is 22.7. The van der Waals surface area contributed by atoms with Crippen molar-refractivity contribution in [1.82, 2.24) is 5.32 Å². The first-order valence-corrected chi connectivity index (χ1v) is 22.7. The summed E-state index contributed by atoms with van der Waals surface area (Å²) in [6, 6.07) is 16.4. The fraction of sp³-hybridized carbons (Fsp3) is 0.723. The molecular formula is C47H80N2O16. The monoisotopic (exact) mass is 929 g/mol. The van der Waals surface area contributed by atoms with Crippen LogP contribution in [0.15, 0.2) is 48.5 Å². The summed E-state index contributed by atoms with van der Waals surface area (Å²) in [6.45, 7) is 19.3.